The van der Waals surface area contributed by atoms with Crippen LogP contribution >= 0.6 is 0 Å². The van der Waals surface area contributed by atoms with Crippen molar-refractivity contribution in [3.05, 3.63) is 63.3 Å². The monoisotopic (exact) mass is 350 g/mol. The van der Waals surface area contributed by atoms with Gasteiger partial charge in [-0.25, -0.2) is 9.37 Å². The average Bonchev–Trinajstić information content (AvgIpc) is 2.91. The minimum Gasteiger partial charge on any atom is -0.326 e. The molecule has 0 amide bonds. The van der Waals surface area contributed by atoms with Crippen molar-refractivity contribution in [1.29, 1.82) is 0 Å². The molecule has 0 unspecified atom stereocenters. The first-order valence-corrected chi connectivity index (χ1v) is 8.38. The number of aromatic nitrogens is 3. The SMILES string of the molecule is Cc1cc(F)ccc1Nc1nc2ccc3c(C)c(C)[nH]c(=O)c3c2n1C. The van der Waals surface area contributed by atoms with E-state index >= 15 is 0 Å². The van der Waals surface area contributed by atoms with Crippen molar-refractivity contribution in [1.82, 2.24) is 14.5 Å². The van der Waals surface area contributed by atoms with Crippen LogP contribution in [0.4, 0.5) is 16.0 Å². The highest BCUT2D eigenvalue weighted by atomic mass is 19.1. The fraction of sp³-hybridized carbons (Fsp3) is 0.200. The zero-order chi connectivity index (χ0) is 18.6. The Morgan fingerprint density at radius 1 is 1.15 bits per heavy atom. The highest BCUT2D eigenvalue weighted by Gasteiger charge is 2.16. The minimum absolute atomic E-state index is 0.124. The second-order valence-electron chi connectivity index (χ2n) is 6.64. The lowest BCUT2D eigenvalue weighted by atomic mass is 10.0. The van der Waals surface area contributed by atoms with Gasteiger partial charge in [0.15, 0.2) is 0 Å². The van der Waals surface area contributed by atoms with Gasteiger partial charge in [-0.15, -0.1) is 0 Å². The third kappa shape index (κ3) is 2.37. The summed E-state index contributed by atoms with van der Waals surface area (Å²) in [4.78, 5) is 20.2. The Hall–Kier alpha value is -3.15. The molecule has 0 aliphatic rings. The number of fused-ring (bicyclic) bond motifs is 3. The van der Waals surface area contributed by atoms with Crippen LogP contribution in [0.1, 0.15) is 16.8 Å². The quantitative estimate of drug-likeness (QED) is 0.569. The molecular formula is C20H19FN4O. The number of nitrogens with one attached hydrogen (secondary N) is 2. The molecule has 2 aromatic carbocycles. The largest absolute Gasteiger partial charge is 0.326 e. The van der Waals surface area contributed by atoms with Gasteiger partial charge in [0, 0.05) is 18.4 Å². The first-order valence-electron chi connectivity index (χ1n) is 8.38. The summed E-state index contributed by atoms with van der Waals surface area (Å²) in [6.07, 6.45) is 0. The Morgan fingerprint density at radius 2 is 1.92 bits per heavy atom. The Kier molecular flexibility index (Phi) is 3.57. The number of hydrogen-bond donors (Lipinski definition) is 2. The summed E-state index contributed by atoms with van der Waals surface area (Å²) in [5, 5.41) is 4.79. The van der Waals surface area contributed by atoms with Gasteiger partial charge in [-0.1, -0.05) is 6.07 Å². The van der Waals surface area contributed by atoms with E-state index in [9.17, 15) is 9.18 Å². The number of pyridine rings is 1. The van der Waals surface area contributed by atoms with E-state index in [0.717, 1.165) is 38.9 Å². The zero-order valence-electron chi connectivity index (χ0n) is 15.1. The van der Waals surface area contributed by atoms with Gasteiger partial charge in [0.25, 0.3) is 5.56 Å². The van der Waals surface area contributed by atoms with Crippen LogP contribution in [0, 0.1) is 26.6 Å². The van der Waals surface area contributed by atoms with Crippen molar-refractivity contribution in [2.24, 2.45) is 7.05 Å². The van der Waals surface area contributed by atoms with E-state index in [4.69, 9.17) is 0 Å². The molecule has 4 aromatic rings. The summed E-state index contributed by atoms with van der Waals surface area (Å²) in [5.74, 6) is 0.321. The van der Waals surface area contributed by atoms with Gasteiger partial charge in [0.1, 0.15) is 5.82 Å². The second kappa shape index (κ2) is 5.69. The summed E-state index contributed by atoms with van der Waals surface area (Å²) in [7, 11) is 1.87. The maximum absolute atomic E-state index is 13.3. The minimum atomic E-state index is -0.276. The van der Waals surface area contributed by atoms with Crippen molar-refractivity contribution in [2.75, 3.05) is 5.32 Å². The van der Waals surface area contributed by atoms with E-state index in [1.165, 1.54) is 12.1 Å². The molecule has 0 radical (unpaired) electrons. The molecule has 0 saturated heterocycles. The first-order chi connectivity index (χ1) is 12.4. The van der Waals surface area contributed by atoms with E-state index in [0.29, 0.717) is 11.3 Å². The molecular weight excluding hydrogens is 331 g/mol. The highest BCUT2D eigenvalue weighted by molar-refractivity contribution is 6.06. The van der Waals surface area contributed by atoms with Crippen molar-refractivity contribution in [3.63, 3.8) is 0 Å². The van der Waals surface area contributed by atoms with Gasteiger partial charge >= 0.3 is 0 Å². The van der Waals surface area contributed by atoms with Gasteiger partial charge < -0.3 is 14.9 Å². The smallest absolute Gasteiger partial charge is 0.258 e. The van der Waals surface area contributed by atoms with Crippen LogP contribution in [0.2, 0.25) is 0 Å². The number of rotatable bonds is 2. The van der Waals surface area contributed by atoms with E-state index in [1.54, 1.807) is 6.07 Å². The van der Waals surface area contributed by atoms with Gasteiger partial charge in [-0.3, -0.25) is 4.79 Å². The van der Waals surface area contributed by atoms with Crippen LogP contribution in [0.25, 0.3) is 21.8 Å². The number of H-pyrrole nitrogens is 1. The molecule has 4 rings (SSSR count). The molecule has 5 nitrogen and oxygen atoms in total. The second-order valence-corrected chi connectivity index (χ2v) is 6.64. The summed E-state index contributed by atoms with van der Waals surface area (Å²) in [6.45, 7) is 5.73. The predicted octanol–water partition coefficient (Wildman–Crippen LogP) is 4.22. The van der Waals surface area contributed by atoms with E-state index in [1.807, 2.05) is 44.5 Å². The fourth-order valence-corrected chi connectivity index (χ4v) is 3.38. The van der Waals surface area contributed by atoms with Crippen LogP contribution in [-0.2, 0) is 7.05 Å². The fourth-order valence-electron chi connectivity index (χ4n) is 3.38. The van der Waals surface area contributed by atoms with Gasteiger partial charge in [0.05, 0.1) is 16.4 Å². The van der Waals surface area contributed by atoms with Crippen LogP contribution in [0.3, 0.4) is 0 Å². The number of benzene rings is 2. The van der Waals surface area contributed by atoms with Crippen LogP contribution in [0.15, 0.2) is 35.1 Å². The summed E-state index contributed by atoms with van der Waals surface area (Å²) in [5.41, 5.74) is 4.85. The number of hydrogen-bond acceptors (Lipinski definition) is 3. The Balaban J connectivity index is 1.96. The lowest BCUT2D eigenvalue weighted by Crippen LogP contribution is -2.11. The van der Waals surface area contributed by atoms with E-state index < -0.39 is 0 Å². The average molecular weight is 350 g/mol. The zero-order valence-corrected chi connectivity index (χ0v) is 15.1. The molecule has 0 atom stereocenters. The van der Waals surface area contributed by atoms with Crippen LogP contribution in [-0.4, -0.2) is 14.5 Å². The highest BCUT2D eigenvalue weighted by Crippen LogP contribution is 2.29. The van der Waals surface area contributed by atoms with Gasteiger partial charge in [0.2, 0.25) is 5.95 Å². The molecule has 0 fully saturated rings. The van der Waals surface area contributed by atoms with Crippen LogP contribution < -0.4 is 10.9 Å². The number of aromatic amines is 1. The molecule has 2 N–H and O–H groups in total. The number of anilines is 2. The molecule has 0 aliphatic heterocycles. The number of nitrogens with zero attached hydrogens (tertiary/aromatic N) is 2. The van der Waals surface area contributed by atoms with Crippen molar-refractivity contribution in [3.8, 4) is 0 Å². The van der Waals surface area contributed by atoms with Gasteiger partial charge in [-0.05, 0) is 61.5 Å². The van der Waals surface area contributed by atoms with Crippen molar-refractivity contribution < 1.29 is 4.39 Å². The molecule has 0 aliphatic carbocycles. The lowest BCUT2D eigenvalue weighted by Gasteiger charge is -2.10. The standard InChI is InChI=1S/C20H19FN4O/c1-10-9-13(21)5-7-15(10)23-20-24-16-8-6-14-11(2)12(3)22-19(26)17(14)18(16)25(20)4/h5-9H,1-4H3,(H,22,26)(H,23,24). The third-order valence-electron chi connectivity index (χ3n) is 4.97. The topological polar surface area (TPSA) is 62.7 Å². The van der Waals surface area contributed by atoms with E-state index in [2.05, 4.69) is 15.3 Å². The molecule has 2 heterocycles. The number of halogens is 1. The Morgan fingerprint density at radius 3 is 2.65 bits per heavy atom. The van der Waals surface area contributed by atoms with Crippen molar-refractivity contribution >= 4 is 33.4 Å². The maximum Gasteiger partial charge on any atom is 0.258 e. The number of aryl methyl sites for hydroxylation is 4. The molecule has 2 aromatic heterocycles. The molecule has 0 bridgehead atoms. The molecule has 26 heavy (non-hydrogen) atoms. The number of imidazole rings is 1. The van der Waals surface area contributed by atoms with Gasteiger partial charge in [-0.2, -0.15) is 0 Å². The summed E-state index contributed by atoms with van der Waals surface area (Å²) >= 11 is 0. The summed E-state index contributed by atoms with van der Waals surface area (Å²) < 4.78 is 15.2. The third-order valence-corrected chi connectivity index (χ3v) is 4.97. The molecule has 6 heteroatoms. The first kappa shape index (κ1) is 16.3. The Bertz CT molecular complexity index is 1240. The Labute approximate surface area is 149 Å². The van der Waals surface area contributed by atoms with E-state index in [-0.39, 0.29) is 11.4 Å². The molecule has 0 spiro atoms. The molecule has 132 valence electrons. The predicted molar refractivity (Wildman–Crippen MR) is 103 cm³/mol. The maximum atomic E-state index is 13.3. The summed E-state index contributed by atoms with van der Waals surface area (Å²) in [6, 6.07) is 8.42. The normalized spacial score (nSPS) is 11.4. The van der Waals surface area contributed by atoms with Crippen molar-refractivity contribution in [2.45, 2.75) is 20.8 Å². The van der Waals surface area contributed by atoms with Crippen LogP contribution in [0.5, 0.6) is 0 Å². The molecule has 0 saturated carbocycles. The lowest BCUT2D eigenvalue weighted by molar-refractivity contribution is 0.627.